The van der Waals surface area contributed by atoms with Crippen molar-refractivity contribution in [1.82, 2.24) is 0 Å². The molecule has 1 heterocycles. The standard InChI is InChI=1S/C14H25O2/c1-11(2)12-6-8-14(3,9-7-12)16-13-5-4-10-15-13/h12-13H,4-10H2,1-3H3. The average molecular weight is 225 g/mol. The van der Waals surface area contributed by atoms with Gasteiger partial charge in [-0.2, -0.15) is 0 Å². The summed E-state index contributed by atoms with van der Waals surface area (Å²) in [7, 11) is 0. The SMILES string of the molecule is C[C](C)C1CCC(C)(OC2CCCO2)CC1. The zero-order valence-electron chi connectivity index (χ0n) is 10.9. The third kappa shape index (κ3) is 2.98. The van der Waals surface area contributed by atoms with Gasteiger partial charge in [0.2, 0.25) is 0 Å². The summed E-state index contributed by atoms with van der Waals surface area (Å²) in [5.41, 5.74) is 0.0704. The monoisotopic (exact) mass is 225 g/mol. The van der Waals surface area contributed by atoms with Crippen molar-refractivity contribution < 1.29 is 9.47 Å². The molecular formula is C14H25O2. The minimum Gasteiger partial charge on any atom is -0.353 e. The maximum absolute atomic E-state index is 6.14. The van der Waals surface area contributed by atoms with E-state index in [1.807, 2.05) is 0 Å². The van der Waals surface area contributed by atoms with Gasteiger partial charge in [0.25, 0.3) is 0 Å². The average Bonchev–Trinajstić information content (AvgIpc) is 2.70. The Morgan fingerprint density at radius 3 is 2.38 bits per heavy atom. The molecule has 16 heavy (non-hydrogen) atoms. The van der Waals surface area contributed by atoms with Gasteiger partial charge in [0.15, 0.2) is 6.29 Å². The zero-order valence-corrected chi connectivity index (χ0v) is 10.9. The van der Waals surface area contributed by atoms with Crippen LogP contribution in [0.15, 0.2) is 0 Å². The van der Waals surface area contributed by atoms with E-state index in [1.165, 1.54) is 25.7 Å². The molecule has 0 amide bonds. The first-order valence-electron chi connectivity index (χ1n) is 6.68. The van der Waals surface area contributed by atoms with Crippen molar-refractivity contribution in [3.05, 3.63) is 5.92 Å². The summed E-state index contributed by atoms with van der Waals surface area (Å²) in [5, 5.41) is 0. The van der Waals surface area contributed by atoms with Gasteiger partial charge in [0, 0.05) is 13.0 Å². The Balaban J connectivity index is 1.81. The van der Waals surface area contributed by atoms with Crippen LogP contribution in [0.25, 0.3) is 0 Å². The normalized spacial score (nSPS) is 40.5. The van der Waals surface area contributed by atoms with Gasteiger partial charge in [-0.1, -0.05) is 13.8 Å². The van der Waals surface area contributed by atoms with E-state index >= 15 is 0 Å². The quantitative estimate of drug-likeness (QED) is 0.729. The molecule has 1 saturated heterocycles. The Kier molecular flexibility index (Phi) is 3.91. The molecular weight excluding hydrogens is 200 g/mol. The molecule has 93 valence electrons. The van der Waals surface area contributed by atoms with E-state index in [1.54, 1.807) is 5.92 Å². The summed E-state index contributed by atoms with van der Waals surface area (Å²) >= 11 is 0. The summed E-state index contributed by atoms with van der Waals surface area (Å²) in [4.78, 5) is 0. The van der Waals surface area contributed by atoms with Crippen LogP contribution in [0.5, 0.6) is 0 Å². The molecule has 1 aliphatic heterocycles. The fourth-order valence-corrected chi connectivity index (χ4v) is 2.88. The fourth-order valence-electron chi connectivity index (χ4n) is 2.88. The van der Waals surface area contributed by atoms with Crippen LogP contribution in [0, 0.1) is 11.8 Å². The van der Waals surface area contributed by atoms with Crippen LogP contribution in [0.3, 0.4) is 0 Å². The van der Waals surface area contributed by atoms with Gasteiger partial charge in [-0.15, -0.1) is 0 Å². The maximum Gasteiger partial charge on any atom is 0.158 e. The molecule has 1 saturated carbocycles. The predicted molar refractivity (Wildman–Crippen MR) is 65.0 cm³/mol. The molecule has 0 aromatic heterocycles. The predicted octanol–water partition coefficient (Wildman–Crippen LogP) is 3.70. The lowest BCUT2D eigenvalue weighted by atomic mass is 9.75. The van der Waals surface area contributed by atoms with Crippen molar-refractivity contribution >= 4 is 0 Å². The van der Waals surface area contributed by atoms with Crippen molar-refractivity contribution in [2.45, 2.75) is 71.2 Å². The first-order valence-corrected chi connectivity index (χ1v) is 6.68. The molecule has 0 spiro atoms. The second-order valence-electron chi connectivity index (χ2n) is 5.86. The van der Waals surface area contributed by atoms with Crippen LogP contribution in [0.1, 0.15) is 59.3 Å². The zero-order chi connectivity index (χ0) is 11.6. The van der Waals surface area contributed by atoms with Crippen molar-refractivity contribution in [2.75, 3.05) is 6.61 Å². The first-order chi connectivity index (χ1) is 7.59. The molecule has 1 radical (unpaired) electrons. The highest BCUT2D eigenvalue weighted by Gasteiger charge is 2.35. The largest absolute Gasteiger partial charge is 0.353 e. The van der Waals surface area contributed by atoms with Crippen LogP contribution in [-0.4, -0.2) is 18.5 Å². The Morgan fingerprint density at radius 1 is 1.19 bits per heavy atom. The highest BCUT2D eigenvalue weighted by atomic mass is 16.7. The van der Waals surface area contributed by atoms with Gasteiger partial charge in [0.05, 0.1) is 5.60 Å². The molecule has 2 rings (SSSR count). The second kappa shape index (κ2) is 5.05. The van der Waals surface area contributed by atoms with Crippen LogP contribution < -0.4 is 0 Å². The fraction of sp³-hybridized carbons (Fsp3) is 0.929. The van der Waals surface area contributed by atoms with E-state index in [4.69, 9.17) is 9.47 Å². The van der Waals surface area contributed by atoms with E-state index < -0.39 is 0 Å². The van der Waals surface area contributed by atoms with Gasteiger partial charge >= 0.3 is 0 Å². The van der Waals surface area contributed by atoms with Gasteiger partial charge in [0.1, 0.15) is 0 Å². The molecule has 2 heteroatoms. The lowest BCUT2D eigenvalue weighted by Crippen LogP contribution is -2.38. The lowest BCUT2D eigenvalue weighted by molar-refractivity contribution is -0.196. The molecule has 0 bridgehead atoms. The van der Waals surface area contributed by atoms with Crippen LogP contribution in [0.2, 0.25) is 0 Å². The smallest absolute Gasteiger partial charge is 0.158 e. The first kappa shape index (κ1) is 12.4. The molecule has 2 fully saturated rings. The molecule has 0 aromatic rings. The van der Waals surface area contributed by atoms with E-state index in [2.05, 4.69) is 20.8 Å². The molecule has 1 atom stereocenters. The molecule has 0 N–H and O–H groups in total. The molecule has 2 aliphatic rings. The summed E-state index contributed by atoms with van der Waals surface area (Å²) in [6, 6.07) is 0. The van der Waals surface area contributed by atoms with Crippen LogP contribution >= 0.6 is 0 Å². The number of rotatable bonds is 3. The topological polar surface area (TPSA) is 18.5 Å². The van der Waals surface area contributed by atoms with Gasteiger partial charge < -0.3 is 9.47 Å². The Hall–Kier alpha value is -0.0800. The Morgan fingerprint density at radius 2 is 1.88 bits per heavy atom. The van der Waals surface area contributed by atoms with E-state index in [9.17, 15) is 0 Å². The number of ether oxygens (including phenoxy) is 2. The highest BCUT2D eigenvalue weighted by molar-refractivity contribution is 4.94. The summed E-state index contributed by atoms with van der Waals surface area (Å²) in [6.45, 7) is 7.66. The highest BCUT2D eigenvalue weighted by Crippen LogP contribution is 2.39. The van der Waals surface area contributed by atoms with Crippen LogP contribution in [0.4, 0.5) is 0 Å². The number of hydrogen-bond donors (Lipinski definition) is 0. The number of hydrogen-bond acceptors (Lipinski definition) is 2. The van der Waals surface area contributed by atoms with E-state index in [0.29, 0.717) is 0 Å². The van der Waals surface area contributed by atoms with E-state index in [-0.39, 0.29) is 11.9 Å². The maximum atomic E-state index is 6.14. The van der Waals surface area contributed by atoms with E-state index in [0.717, 1.165) is 25.4 Å². The Labute approximate surface area is 99.7 Å². The Bertz CT molecular complexity index is 211. The summed E-state index contributed by atoms with van der Waals surface area (Å²) in [6.07, 6.45) is 7.25. The van der Waals surface area contributed by atoms with Crippen molar-refractivity contribution in [3.63, 3.8) is 0 Å². The molecule has 1 unspecified atom stereocenters. The van der Waals surface area contributed by atoms with Crippen LogP contribution in [-0.2, 0) is 9.47 Å². The van der Waals surface area contributed by atoms with Crippen molar-refractivity contribution in [1.29, 1.82) is 0 Å². The molecule has 1 aliphatic carbocycles. The van der Waals surface area contributed by atoms with Gasteiger partial charge in [-0.3, -0.25) is 0 Å². The van der Waals surface area contributed by atoms with Crippen molar-refractivity contribution in [2.24, 2.45) is 5.92 Å². The summed E-state index contributed by atoms with van der Waals surface area (Å²) in [5.74, 6) is 2.40. The van der Waals surface area contributed by atoms with Crippen molar-refractivity contribution in [3.8, 4) is 0 Å². The minimum atomic E-state index is 0.0704. The second-order valence-corrected chi connectivity index (χ2v) is 5.86. The third-order valence-electron chi connectivity index (χ3n) is 4.16. The third-order valence-corrected chi connectivity index (χ3v) is 4.16. The van der Waals surface area contributed by atoms with Gasteiger partial charge in [-0.25, -0.2) is 0 Å². The molecule has 0 aromatic carbocycles. The summed E-state index contributed by atoms with van der Waals surface area (Å²) < 4.78 is 11.7. The molecule has 2 nitrogen and oxygen atoms in total. The lowest BCUT2D eigenvalue weighted by Gasteiger charge is -2.39. The van der Waals surface area contributed by atoms with Gasteiger partial charge in [-0.05, 0) is 50.9 Å². The minimum absolute atomic E-state index is 0.0704.